The molecule has 1 aliphatic rings. The van der Waals surface area contributed by atoms with Crippen LogP contribution in [0, 0.1) is 0 Å². The number of hydrogen-bond acceptors (Lipinski definition) is 6. The van der Waals surface area contributed by atoms with E-state index in [1.165, 1.54) is 17.4 Å². The van der Waals surface area contributed by atoms with Crippen molar-refractivity contribution in [1.29, 1.82) is 0 Å². The third-order valence-corrected chi connectivity index (χ3v) is 5.74. The van der Waals surface area contributed by atoms with E-state index >= 15 is 0 Å². The van der Waals surface area contributed by atoms with Gasteiger partial charge in [0, 0.05) is 24.8 Å². The Bertz CT molecular complexity index is 1190. The van der Waals surface area contributed by atoms with Crippen molar-refractivity contribution in [1.82, 2.24) is 4.57 Å². The Kier molecular flexibility index (Phi) is 5.76. The van der Waals surface area contributed by atoms with Gasteiger partial charge in [0.1, 0.15) is 13.2 Å². The first-order valence-corrected chi connectivity index (χ1v) is 10.4. The third kappa shape index (κ3) is 3.91. The zero-order valence-corrected chi connectivity index (χ0v) is 17.8. The second-order valence-electron chi connectivity index (χ2n) is 6.49. The van der Waals surface area contributed by atoms with Gasteiger partial charge in [0.15, 0.2) is 27.8 Å². The van der Waals surface area contributed by atoms with Crippen molar-refractivity contribution in [3.8, 4) is 23.0 Å². The molecule has 1 aromatic heterocycles. The van der Waals surface area contributed by atoms with Crippen LogP contribution in [0.15, 0.2) is 41.4 Å². The van der Waals surface area contributed by atoms with Crippen LogP contribution in [-0.4, -0.2) is 37.9 Å². The van der Waals surface area contributed by atoms with Crippen molar-refractivity contribution in [2.45, 2.75) is 13.5 Å². The normalized spacial score (nSPS) is 13.8. The first-order valence-electron chi connectivity index (χ1n) is 9.54. The predicted molar refractivity (Wildman–Crippen MR) is 116 cm³/mol. The minimum Gasteiger partial charge on any atom is -0.493 e. The fraction of sp³-hybridized carbons (Fsp3) is 0.273. The highest BCUT2D eigenvalue weighted by Gasteiger charge is 2.16. The molecule has 1 amide bonds. The summed E-state index contributed by atoms with van der Waals surface area (Å²) in [6, 6.07) is 9.35. The average molecular weight is 426 g/mol. The minimum absolute atomic E-state index is 0.337. The van der Waals surface area contributed by atoms with E-state index in [1.54, 1.807) is 32.4 Å². The molecule has 0 unspecified atom stereocenters. The van der Waals surface area contributed by atoms with Gasteiger partial charge in [-0.05, 0) is 30.7 Å². The maximum absolute atomic E-state index is 12.5. The molecule has 2 aromatic carbocycles. The van der Waals surface area contributed by atoms with Crippen LogP contribution >= 0.6 is 11.3 Å². The number of ether oxygens (including phenoxy) is 4. The van der Waals surface area contributed by atoms with Gasteiger partial charge in [-0.15, -0.1) is 0 Å². The lowest BCUT2D eigenvalue weighted by atomic mass is 10.2. The van der Waals surface area contributed by atoms with E-state index in [0.717, 1.165) is 27.3 Å². The number of hydrogen-bond donors (Lipinski definition) is 0. The van der Waals surface area contributed by atoms with Crippen LogP contribution in [0.1, 0.15) is 12.5 Å². The van der Waals surface area contributed by atoms with E-state index in [4.69, 9.17) is 18.9 Å². The summed E-state index contributed by atoms with van der Waals surface area (Å²) in [4.78, 5) is 17.4. The standard InChI is InChI=1S/C22H22N2O5S/c1-4-24-15-12-18-19(29-10-9-28-18)13-20(15)30-22(24)23-21(25)8-6-14-5-7-16(26-2)17(11-14)27-3/h5-8,11-13H,4,9-10H2,1-3H3. The van der Waals surface area contributed by atoms with Crippen LogP contribution < -0.4 is 23.7 Å². The summed E-state index contributed by atoms with van der Waals surface area (Å²) in [5.74, 6) is 2.35. The highest BCUT2D eigenvalue weighted by Crippen LogP contribution is 2.35. The van der Waals surface area contributed by atoms with Crippen molar-refractivity contribution < 1.29 is 23.7 Å². The minimum atomic E-state index is -0.337. The van der Waals surface area contributed by atoms with Crippen LogP contribution in [0.3, 0.4) is 0 Å². The molecule has 3 aromatic rings. The molecule has 0 saturated carbocycles. The number of carbonyl (C=O) groups excluding carboxylic acids is 1. The monoisotopic (exact) mass is 426 g/mol. The largest absolute Gasteiger partial charge is 0.493 e. The van der Waals surface area contributed by atoms with Crippen LogP contribution in [0.4, 0.5) is 0 Å². The van der Waals surface area contributed by atoms with Crippen molar-refractivity contribution in [2.75, 3.05) is 27.4 Å². The second kappa shape index (κ2) is 8.62. The smallest absolute Gasteiger partial charge is 0.272 e. The lowest BCUT2D eigenvalue weighted by Crippen LogP contribution is -2.16. The summed E-state index contributed by atoms with van der Waals surface area (Å²) in [6.07, 6.45) is 3.15. The van der Waals surface area contributed by atoms with E-state index < -0.39 is 0 Å². The van der Waals surface area contributed by atoms with Crippen LogP contribution in [-0.2, 0) is 11.3 Å². The molecule has 0 atom stereocenters. The molecule has 1 aliphatic heterocycles. The number of benzene rings is 2. The molecule has 8 heteroatoms. The van der Waals surface area contributed by atoms with E-state index in [2.05, 4.69) is 4.99 Å². The molecule has 0 bridgehead atoms. The zero-order valence-electron chi connectivity index (χ0n) is 17.0. The molecule has 156 valence electrons. The Morgan fingerprint density at radius 2 is 1.87 bits per heavy atom. The van der Waals surface area contributed by atoms with Gasteiger partial charge < -0.3 is 23.5 Å². The van der Waals surface area contributed by atoms with E-state index in [-0.39, 0.29) is 5.91 Å². The van der Waals surface area contributed by atoms with Crippen LogP contribution in [0.2, 0.25) is 0 Å². The first-order chi connectivity index (χ1) is 14.6. The molecule has 0 radical (unpaired) electrons. The van der Waals surface area contributed by atoms with E-state index in [1.807, 2.05) is 29.7 Å². The number of thiazole rings is 1. The number of fused-ring (bicyclic) bond motifs is 2. The Balaban J connectivity index is 1.65. The molecule has 4 rings (SSSR count). The van der Waals surface area contributed by atoms with E-state index in [9.17, 15) is 4.79 Å². The fourth-order valence-corrected chi connectivity index (χ4v) is 4.36. The van der Waals surface area contributed by atoms with Gasteiger partial charge in [-0.3, -0.25) is 4.79 Å². The Hall–Kier alpha value is -3.26. The summed E-state index contributed by atoms with van der Waals surface area (Å²) in [5.41, 5.74) is 1.79. The molecule has 0 spiro atoms. The number of methoxy groups -OCH3 is 2. The molecular formula is C22H22N2O5S. The molecule has 2 heterocycles. The topological polar surface area (TPSA) is 71.3 Å². The molecule has 0 aliphatic carbocycles. The Morgan fingerprint density at radius 3 is 2.57 bits per heavy atom. The number of amides is 1. The molecular weight excluding hydrogens is 404 g/mol. The fourth-order valence-electron chi connectivity index (χ4n) is 3.25. The van der Waals surface area contributed by atoms with Crippen molar-refractivity contribution in [3.63, 3.8) is 0 Å². The Morgan fingerprint density at radius 1 is 1.13 bits per heavy atom. The number of aromatic nitrogens is 1. The van der Waals surface area contributed by atoms with Gasteiger partial charge in [-0.1, -0.05) is 17.4 Å². The van der Waals surface area contributed by atoms with Crippen molar-refractivity contribution in [3.05, 3.63) is 46.8 Å². The Labute approximate surface area is 177 Å². The van der Waals surface area contributed by atoms with Gasteiger partial charge >= 0.3 is 0 Å². The second-order valence-corrected chi connectivity index (χ2v) is 7.50. The van der Waals surface area contributed by atoms with Gasteiger partial charge in [0.05, 0.1) is 24.4 Å². The predicted octanol–water partition coefficient (Wildman–Crippen LogP) is 3.65. The van der Waals surface area contributed by atoms with Gasteiger partial charge in [0.25, 0.3) is 5.91 Å². The highest BCUT2D eigenvalue weighted by atomic mass is 32.1. The summed E-state index contributed by atoms with van der Waals surface area (Å²) < 4.78 is 24.9. The lowest BCUT2D eigenvalue weighted by Gasteiger charge is -2.18. The molecule has 30 heavy (non-hydrogen) atoms. The average Bonchev–Trinajstić information content (AvgIpc) is 3.11. The first kappa shape index (κ1) is 20.0. The summed E-state index contributed by atoms with van der Waals surface area (Å²) >= 11 is 1.45. The van der Waals surface area contributed by atoms with E-state index in [0.29, 0.717) is 36.1 Å². The zero-order chi connectivity index (χ0) is 21.1. The molecule has 0 N–H and O–H groups in total. The van der Waals surface area contributed by atoms with Crippen molar-refractivity contribution in [2.24, 2.45) is 4.99 Å². The van der Waals surface area contributed by atoms with Crippen LogP contribution in [0.25, 0.3) is 16.3 Å². The molecule has 0 fully saturated rings. The summed E-state index contributed by atoms with van der Waals surface area (Å²) in [7, 11) is 3.16. The summed E-state index contributed by atoms with van der Waals surface area (Å²) in [5, 5.41) is 0. The van der Waals surface area contributed by atoms with Crippen molar-refractivity contribution >= 4 is 33.5 Å². The quantitative estimate of drug-likeness (QED) is 0.583. The maximum atomic E-state index is 12.5. The maximum Gasteiger partial charge on any atom is 0.272 e. The molecule has 0 saturated heterocycles. The SMILES string of the molecule is CCn1c(=NC(=O)C=Cc2ccc(OC)c(OC)c2)sc2cc3c(cc21)OCCO3. The summed E-state index contributed by atoms with van der Waals surface area (Å²) in [6.45, 7) is 3.77. The number of carbonyl (C=O) groups is 1. The van der Waals surface area contributed by atoms with Gasteiger partial charge in [-0.2, -0.15) is 4.99 Å². The lowest BCUT2D eigenvalue weighted by molar-refractivity contribution is -0.113. The van der Waals surface area contributed by atoms with Crippen LogP contribution in [0.5, 0.6) is 23.0 Å². The third-order valence-electron chi connectivity index (χ3n) is 4.69. The van der Waals surface area contributed by atoms with Gasteiger partial charge in [-0.25, -0.2) is 0 Å². The number of rotatable bonds is 5. The highest BCUT2D eigenvalue weighted by molar-refractivity contribution is 7.16. The number of aryl methyl sites for hydroxylation is 1. The van der Waals surface area contributed by atoms with Gasteiger partial charge in [0.2, 0.25) is 0 Å². The number of nitrogens with zero attached hydrogens (tertiary/aromatic N) is 2. The molecule has 7 nitrogen and oxygen atoms in total.